The van der Waals surface area contributed by atoms with Gasteiger partial charge in [-0.2, -0.15) is 15.5 Å². The number of pyridine rings is 1. The quantitative estimate of drug-likeness (QED) is 0.702. The molecule has 28 heavy (non-hydrogen) atoms. The maximum Gasteiger partial charge on any atom is 0.234 e. The lowest BCUT2D eigenvalue weighted by Crippen LogP contribution is -2.06. The van der Waals surface area contributed by atoms with E-state index >= 15 is 0 Å². The molecule has 0 spiro atoms. The molecule has 0 radical (unpaired) electrons. The van der Waals surface area contributed by atoms with E-state index in [-0.39, 0.29) is 22.8 Å². The Labute approximate surface area is 163 Å². The van der Waals surface area contributed by atoms with Crippen LogP contribution >= 0.6 is 0 Å². The summed E-state index contributed by atoms with van der Waals surface area (Å²) in [7, 11) is 0. The fraction of sp³-hybridized carbons (Fsp3) is 0.136. The van der Waals surface area contributed by atoms with E-state index in [2.05, 4.69) is 11.1 Å². The molecule has 3 rings (SSSR count). The zero-order chi connectivity index (χ0) is 19.9. The minimum Gasteiger partial charge on any atom is -0.489 e. The summed E-state index contributed by atoms with van der Waals surface area (Å²) in [5, 5.41) is 19.2. The van der Waals surface area contributed by atoms with Gasteiger partial charge in [-0.25, -0.2) is 0 Å². The molecule has 0 bridgehead atoms. The highest BCUT2D eigenvalue weighted by Crippen LogP contribution is 2.36. The summed E-state index contributed by atoms with van der Waals surface area (Å²) in [6, 6.07) is 21.1. The number of rotatable bonds is 6. The highest BCUT2D eigenvalue weighted by atomic mass is 16.5. The molecule has 0 saturated heterocycles. The van der Waals surface area contributed by atoms with Crippen LogP contribution in [0.3, 0.4) is 0 Å². The molecular weight excluding hydrogens is 352 g/mol. The van der Waals surface area contributed by atoms with Crippen LogP contribution in [0, 0.1) is 22.7 Å². The molecule has 2 N–H and O–H groups in total. The van der Waals surface area contributed by atoms with E-state index in [4.69, 9.17) is 15.2 Å². The SMILES string of the molecule is CCOc1nc(N)c(C#N)c(-c2cccc(OCc3ccccc3)c2)c1C#N. The standard InChI is InChI=1S/C22H18N4O2/c1-2-27-22-19(13-24)20(18(12-23)21(25)26-22)16-9-6-10-17(11-16)28-14-15-7-4-3-5-8-15/h3-11H,2,14H2,1H3,(H2,25,26). The number of benzene rings is 2. The van der Waals surface area contributed by atoms with Crippen molar-refractivity contribution in [3.8, 4) is 34.9 Å². The van der Waals surface area contributed by atoms with Crippen molar-refractivity contribution in [1.29, 1.82) is 10.5 Å². The van der Waals surface area contributed by atoms with Crippen molar-refractivity contribution in [2.45, 2.75) is 13.5 Å². The fourth-order valence-electron chi connectivity index (χ4n) is 2.81. The molecule has 3 aromatic rings. The predicted molar refractivity (Wildman–Crippen MR) is 105 cm³/mol. The Hall–Kier alpha value is -4.03. The molecule has 0 atom stereocenters. The number of nitriles is 2. The summed E-state index contributed by atoms with van der Waals surface area (Å²) in [4.78, 5) is 4.07. The number of nitrogens with zero attached hydrogens (tertiary/aromatic N) is 3. The zero-order valence-corrected chi connectivity index (χ0v) is 15.3. The lowest BCUT2D eigenvalue weighted by molar-refractivity contribution is 0.306. The molecule has 0 amide bonds. The Bertz CT molecular complexity index is 1070. The molecule has 6 nitrogen and oxygen atoms in total. The molecule has 0 aliphatic carbocycles. The van der Waals surface area contributed by atoms with Crippen molar-refractivity contribution in [2.24, 2.45) is 0 Å². The Kier molecular flexibility index (Phi) is 5.74. The monoisotopic (exact) mass is 370 g/mol. The summed E-state index contributed by atoms with van der Waals surface area (Å²) in [6.45, 7) is 2.52. The first kappa shape index (κ1) is 18.8. The highest BCUT2D eigenvalue weighted by molar-refractivity contribution is 5.82. The number of nitrogens with two attached hydrogens (primary N) is 1. The number of hydrogen-bond acceptors (Lipinski definition) is 6. The molecular formula is C22H18N4O2. The van der Waals surface area contributed by atoms with Gasteiger partial charge in [0.2, 0.25) is 5.88 Å². The second kappa shape index (κ2) is 8.57. The minimum atomic E-state index is 0.0237. The van der Waals surface area contributed by atoms with Gasteiger partial charge in [-0.3, -0.25) is 0 Å². The molecule has 0 aliphatic heterocycles. The van der Waals surface area contributed by atoms with Crippen molar-refractivity contribution in [1.82, 2.24) is 4.98 Å². The number of ether oxygens (including phenoxy) is 2. The van der Waals surface area contributed by atoms with Crippen LogP contribution in [0.2, 0.25) is 0 Å². The van der Waals surface area contributed by atoms with Gasteiger partial charge < -0.3 is 15.2 Å². The van der Waals surface area contributed by atoms with Gasteiger partial charge in [-0.05, 0) is 30.2 Å². The molecule has 0 unspecified atom stereocenters. The Morgan fingerprint density at radius 1 is 0.964 bits per heavy atom. The van der Waals surface area contributed by atoms with Crippen LogP contribution in [0.1, 0.15) is 23.6 Å². The Balaban J connectivity index is 2.03. The third-order valence-corrected chi connectivity index (χ3v) is 4.07. The predicted octanol–water partition coefficient (Wildman–Crippen LogP) is 4.05. The van der Waals surface area contributed by atoms with Crippen LogP contribution in [0.4, 0.5) is 5.82 Å². The topological polar surface area (TPSA) is 105 Å². The van der Waals surface area contributed by atoms with E-state index in [0.29, 0.717) is 30.1 Å². The summed E-state index contributed by atoms with van der Waals surface area (Å²) in [5.74, 6) is 0.755. The maximum atomic E-state index is 9.67. The van der Waals surface area contributed by atoms with Gasteiger partial charge in [0.05, 0.1) is 6.61 Å². The first-order valence-corrected chi connectivity index (χ1v) is 8.71. The van der Waals surface area contributed by atoms with E-state index in [1.54, 1.807) is 25.1 Å². The van der Waals surface area contributed by atoms with Gasteiger partial charge in [0.25, 0.3) is 0 Å². The van der Waals surface area contributed by atoms with Crippen molar-refractivity contribution in [3.05, 3.63) is 71.3 Å². The second-order valence-electron chi connectivity index (χ2n) is 5.89. The largest absolute Gasteiger partial charge is 0.489 e. The molecule has 138 valence electrons. The highest BCUT2D eigenvalue weighted by Gasteiger charge is 2.21. The number of aromatic nitrogens is 1. The number of anilines is 1. The third kappa shape index (κ3) is 3.87. The molecule has 6 heteroatoms. The van der Waals surface area contributed by atoms with Crippen molar-refractivity contribution in [2.75, 3.05) is 12.3 Å². The van der Waals surface area contributed by atoms with Gasteiger partial charge in [-0.15, -0.1) is 0 Å². The molecule has 2 aromatic carbocycles. The summed E-state index contributed by atoms with van der Waals surface area (Å²) in [6.07, 6.45) is 0. The smallest absolute Gasteiger partial charge is 0.234 e. The lowest BCUT2D eigenvalue weighted by Gasteiger charge is -2.14. The van der Waals surface area contributed by atoms with E-state index in [0.717, 1.165) is 5.56 Å². The summed E-state index contributed by atoms with van der Waals surface area (Å²) in [5.41, 5.74) is 8.32. The average molecular weight is 370 g/mol. The van der Waals surface area contributed by atoms with Crippen molar-refractivity contribution in [3.63, 3.8) is 0 Å². The summed E-state index contributed by atoms with van der Waals surface area (Å²) >= 11 is 0. The average Bonchev–Trinajstić information content (AvgIpc) is 2.73. The number of hydrogen-bond donors (Lipinski definition) is 1. The maximum absolute atomic E-state index is 9.67. The van der Waals surface area contributed by atoms with Gasteiger partial charge in [0.1, 0.15) is 41.4 Å². The van der Waals surface area contributed by atoms with Gasteiger partial charge in [0.15, 0.2) is 0 Å². The molecule has 1 heterocycles. The second-order valence-corrected chi connectivity index (χ2v) is 5.89. The van der Waals surface area contributed by atoms with Gasteiger partial charge in [-0.1, -0.05) is 42.5 Å². The molecule has 0 fully saturated rings. The number of nitrogen functional groups attached to an aromatic ring is 1. The van der Waals surface area contributed by atoms with E-state index in [1.165, 1.54) is 0 Å². The van der Waals surface area contributed by atoms with Crippen LogP contribution in [0.5, 0.6) is 11.6 Å². The van der Waals surface area contributed by atoms with Crippen LogP contribution in [-0.4, -0.2) is 11.6 Å². The van der Waals surface area contributed by atoms with Crippen LogP contribution in [0.15, 0.2) is 54.6 Å². The van der Waals surface area contributed by atoms with E-state index in [9.17, 15) is 10.5 Å². The third-order valence-electron chi connectivity index (χ3n) is 4.07. The normalized spacial score (nSPS) is 9.96. The van der Waals surface area contributed by atoms with Gasteiger partial charge >= 0.3 is 0 Å². The molecule has 0 aliphatic rings. The zero-order valence-electron chi connectivity index (χ0n) is 15.3. The van der Waals surface area contributed by atoms with Crippen molar-refractivity contribution < 1.29 is 9.47 Å². The van der Waals surface area contributed by atoms with Crippen molar-refractivity contribution >= 4 is 5.82 Å². The van der Waals surface area contributed by atoms with Crippen LogP contribution in [-0.2, 0) is 6.61 Å². The van der Waals surface area contributed by atoms with E-state index < -0.39 is 0 Å². The minimum absolute atomic E-state index is 0.0237. The van der Waals surface area contributed by atoms with E-state index in [1.807, 2.05) is 42.5 Å². The first-order valence-electron chi connectivity index (χ1n) is 8.71. The fourth-order valence-corrected chi connectivity index (χ4v) is 2.81. The lowest BCUT2D eigenvalue weighted by atomic mass is 9.96. The van der Waals surface area contributed by atoms with Crippen LogP contribution in [0.25, 0.3) is 11.1 Å². The Morgan fingerprint density at radius 3 is 2.39 bits per heavy atom. The molecule has 0 saturated carbocycles. The van der Waals surface area contributed by atoms with Gasteiger partial charge in [0, 0.05) is 5.56 Å². The Morgan fingerprint density at radius 2 is 1.71 bits per heavy atom. The molecule has 1 aromatic heterocycles. The first-order chi connectivity index (χ1) is 13.7. The summed E-state index contributed by atoms with van der Waals surface area (Å²) < 4.78 is 11.3. The van der Waals surface area contributed by atoms with Crippen LogP contribution < -0.4 is 15.2 Å².